The number of anilines is 1. The van der Waals surface area contributed by atoms with E-state index < -0.39 is 0 Å². The Bertz CT molecular complexity index is 695. The Morgan fingerprint density at radius 3 is 2.79 bits per heavy atom. The lowest BCUT2D eigenvalue weighted by Crippen LogP contribution is -2.38. The van der Waals surface area contributed by atoms with Crippen LogP contribution in [0.5, 0.6) is 0 Å². The summed E-state index contributed by atoms with van der Waals surface area (Å²) in [5.41, 5.74) is 2.55. The van der Waals surface area contributed by atoms with Gasteiger partial charge in [-0.1, -0.05) is 26.0 Å². The van der Waals surface area contributed by atoms with Gasteiger partial charge in [0.2, 0.25) is 0 Å². The molecule has 24 heavy (non-hydrogen) atoms. The molecule has 6 heteroatoms. The van der Waals surface area contributed by atoms with Gasteiger partial charge < -0.3 is 15.7 Å². The lowest BCUT2D eigenvalue weighted by molar-refractivity contribution is 0.129. The molecule has 0 bridgehead atoms. The number of aryl methyl sites for hydroxylation is 1. The Morgan fingerprint density at radius 2 is 2.17 bits per heavy atom. The van der Waals surface area contributed by atoms with Gasteiger partial charge in [0.15, 0.2) is 0 Å². The van der Waals surface area contributed by atoms with E-state index in [2.05, 4.69) is 15.6 Å². The monoisotopic (exact) mass is 347 g/mol. The fraction of sp³-hybridized carbons (Fsp3) is 0.444. The lowest BCUT2D eigenvalue weighted by Gasteiger charge is -2.26. The van der Waals surface area contributed by atoms with Gasteiger partial charge in [-0.2, -0.15) is 0 Å². The summed E-state index contributed by atoms with van der Waals surface area (Å²) in [7, 11) is 0. The van der Waals surface area contributed by atoms with E-state index in [1.54, 1.807) is 18.3 Å². The number of carbonyl (C=O) groups is 1. The van der Waals surface area contributed by atoms with E-state index >= 15 is 0 Å². The molecule has 0 spiro atoms. The van der Waals surface area contributed by atoms with Gasteiger partial charge in [-0.15, -0.1) is 11.3 Å². The van der Waals surface area contributed by atoms with Gasteiger partial charge in [0.05, 0.1) is 6.10 Å². The van der Waals surface area contributed by atoms with Crippen molar-refractivity contribution in [2.24, 2.45) is 5.41 Å². The molecule has 0 saturated carbocycles. The first-order valence-electron chi connectivity index (χ1n) is 8.01. The Balaban J connectivity index is 1.95. The molecule has 3 N–H and O–H groups in total. The van der Waals surface area contributed by atoms with Gasteiger partial charge in [-0.05, 0) is 37.8 Å². The van der Waals surface area contributed by atoms with Crippen molar-refractivity contribution in [2.45, 2.75) is 40.2 Å². The summed E-state index contributed by atoms with van der Waals surface area (Å²) >= 11 is 1.59. The quantitative estimate of drug-likeness (QED) is 0.738. The number of thiazole rings is 1. The summed E-state index contributed by atoms with van der Waals surface area (Å²) in [6, 6.07) is 7.40. The van der Waals surface area contributed by atoms with Crippen LogP contribution in [0.2, 0.25) is 0 Å². The van der Waals surface area contributed by atoms with Crippen LogP contribution in [0.3, 0.4) is 0 Å². The first-order chi connectivity index (χ1) is 11.2. The van der Waals surface area contributed by atoms with Crippen molar-refractivity contribution in [2.75, 3.05) is 11.9 Å². The second-order valence-electron chi connectivity index (χ2n) is 6.90. The van der Waals surface area contributed by atoms with Crippen molar-refractivity contribution in [1.29, 1.82) is 0 Å². The highest BCUT2D eigenvalue weighted by Gasteiger charge is 2.21. The van der Waals surface area contributed by atoms with Crippen LogP contribution in [-0.4, -0.2) is 28.8 Å². The Labute approximate surface area is 147 Å². The van der Waals surface area contributed by atoms with Crippen LogP contribution < -0.4 is 10.6 Å². The van der Waals surface area contributed by atoms with Crippen LogP contribution in [0.15, 0.2) is 29.6 Å². The van der Waals surface area contributed by atoms with Crippen molar-refractivity contribution < 1.29 is 9.90 Å². The number of urea groups is 1. The summed E-state index contributed by atoms with van der Waals surface area (Å²) in [5.74, 6) is 0. The third-order valence-corrected chi connectivity index (χ3v) is 4.57. The van der Waals surface area contributed by atoms with Crippen LogP contribution in [0.1, 0.15) is 32.9 Å². The number of nitrogens with one attached hydrogen (secondary N) is 2. The standard InChI is InChI=1S/C18H25N3O2S/c1-12-10-24-16(20-12)14-6-5-7-15(8-14)21-17(23)19-11-18(3,4)9-13(2)22/h5-8,10,13,22H,9,11H2,1-4H3,(H2,19,21,23). The number of amides is 2. The molecule has 0 aliphatic carbocycles. The predicted molar refractivity (Wildman–Crippen MR) is 99.4 cm³/mol. The molecule has 5 nitrogen and oxygen atoms in total. The number of benzene rings is 1. The molecule has 2 rings (SSSR count). The van der Waals surface area contributed by atoms with Gasteiger partial charge in [0.1, 0.15) is 5.01 Å². The van der Waals surface area contributed by atoms with Crippen LogP contribution in [0.4, 0.5) is 10.5 Å². The van der Waals surface area contributed by atoms with Crippen molar-refractivity contribution >= 4 is 23.1 Å². The Morgan fingerprint density at radius 1 is 1.42 bits per heavy atom. The minimum absolute atomic E-state index is 0.161. The van der Waals surface area contributed by atoms with E-state index in [4.69, 9.17) is 0 Å². The largest absolute Gasteiger partial charge is 0.393 e. The first kappa shape index (κ1) is 18.4. The van der Waals surface area contributed by atoms with Crippen LogP contribution in [-0.2, 0) is 0 Å². The third-order valence-electron chi connectivity index (χ3n) is 3.56. The molecule has 0 radical (unpaired) electrons. The van der Waals surface area contributed by atoms with E-state index in [1.807, 2.05) is 50.4 Å². The normalized spacial score (nSPS) is 12.7. The molecule has 0 saturated heterocycles. The summed E-state index contributed by atoms with van der Waals surface area (Å²) in [4.78, 5) is 16.6. The first-order valence-corrected chi connectivity index (χ1v) is 8.89. The zero-order chi connectivity index (χ0) is 17.7. The van der Waals surface area contributed by atoms with Crippen LogP contribution in [0.25, 0.3) is 10.6 Å². The maximum atomic E-state index is 12.1. The van der Waals surface area contributed by atoms with Gasteiger partial charge in [-0.25, -0.2) is 9.78 Å². The van der Waals surface area contributed by atoms with E-state index in [0.717, 1.165) is 22.0 Å². The highest BCUT2D eigenvalue weighted by molar-refractivity contribution is 7.13. The molecule has 0 aliphatic rings. The SMILES string of the molecule is Cc1csc(-c2cccc(NC(=O)NCC(C)(C)CC(C)O)c2)n1. The van der Waals surface area contributed by atoms with Crippen molar-refractivity contribution in [3.05, 3.63) is 35.3 Å². The van der Waals surface area contributed by atoms with Crippen molar-refractivity contribution in [1.82, 2.24) is 10.3 Å². The van der Waals surface area contributed by atoms with E-state index in [1.165, 1.54) is 0 Å². The molecule has 1 unspecified atom stereocenters. The fourth-order valence-corrected chi connectivity index (χ4v) is 3.38. The highest BCUT2D eigenvalue weighted by Crippen LogP contribution is 2.26. The molecule has 1 heterocycles. The summed E-state index contributed by atoms with van der Waals surface area (Å²) in [6.45, 7) is 8.25. The summed E-state index contributed by atoms with van der Waals surface area (Å²) < 4.78 is 0. The average molecular weight is 347 g/mol. The topological polar surface area (TPSA) is 74.2 Å². The molecular formula is C18H25N3O2S. The molecule has 2 aromatic rings. The lowest BCUT2D eigenvalue weighted by atomic mass is 9.87. The molecule has 0 aliphatic heterocycles. The molecule has 1 aromatic carbocycles. The number of hydrogen-bond acceptors (Lipinski definition) is 4. The van der Waals surface area contributed by atoms with E-state index in [-0.39, 0.29) is 17.6 Å². The van der Waals surface area contributed by atoms with Crippen LogP contribution >= 0.6 is 11.3 Å². The smallest absolute Gasteiger partial charge is 0.319 e. The number of carbonyl (C=O) groups excluding carboxylic acids is 1. The summed E-state index contributed by atoms with van der Waals surface area (Å²) in [6.07, 6.45) is 0.245. The van der Waals surface area contributed by atoms with E-state index in [0.29, 0.717) is 13.0 Å². The second-order valence-corrected chi connectivity index (χ2v) is 7.76. The Kier molecular flexibility index (Phi) is 5.96. The highest BCUT2D eigenvalue weighted by atomic mass is 32.1. The van der Waals surface area contributed by atoms with Gasteiger partial charge in [-0.3, -0.25) is 0 Å². The minimum atomic E-state index is -0.386. The number of aliphatic hydroxyl groups excluding tert-OH is 1. The molecular weight excluding hydrogens is 322 g/mol. The number of nitrogens with zero attached hydrogens (tertiary/aromatic N) is 1. The molecule has 0 fully saturated rings. The summed E-state index contributed by atoms with van der Waals surface area (Å²) in [5, 5.41) is 18.2. The number of hydrogen-bond donors (Lipinski definition) is 3. The molecule has 1 atom stereocenters. The third kappa shape index (κ3) is 5.62. The minimum Gasteiger partial charge on any atom is -0.393 e. The van der Waals surface area contributed by atoms with E-state index in [9.17, 15) is 9.90 Å². The Hall–Kier alpha value is -1.92. The maximum Gasteiger partial charge on any atom is 0.319 e. The second kappa shape index (κ2) is 7.77. The zero-order valence-electron chi connectivity index (χ0n) is 14.6. The van der Waals surface area contributed by atoms with Crippen molar-refractivity contribution in [3.8, 4) is 10.6 Å². The maximum absolute atomic E-state index is 12.1. The fourth-order valence-electron chi connectivity index (χ4n) is 2.58. The van der Waals surface area contributed by atoms with Crippen LogP contribution in [0, 0.1) is 12.3 Å². The van der Waals surface area contributed by atoms with Gasteiger partial charge in [0.25, 0.3) is 0 Å². The van der Waals surface area contributed by atoms with Crippen molar-refractivity contribution in [3.63, 3.8) is 0 Å². The molecule has 1 aromatic heterocycles. The number of aliphatic hydroxyl groups is 1. The molecule has 130 valence electrons. The van der Waals surface area contributed by atoms with Gasteiger partial charge in [0, 0.05) is 28.9 Å². The molecule has 2 amide bonds. The number of aromatic nitrogens is 1. The predicted octanol–water partition coefficient (Wildman–Crippen LogP) is 4.04. The van der Waals surface area contributed by atoms with Gasteiger partial charge >= 0.3 is 6.03 Å². The zero-order valence-corrected chi connectivity index (χ0v) is 15.4. The number of rotatable bonds is 6. The average Bonchev–Trinajstić information content (AvgIpc) is 2.91.